The molecule has 2 amide bonds. The highest BCUT2D eigenvalue weighted by molar-refractivity contribution is 7.07. The Labute approximate surface area is 111 Å². The lowest BCUT2D eigenvalue weighted by Gasteiger charge is -2.25. The lowest BCUT2D eigenvalue weighted by Crippen LogP contribution is -2.39. The summed E-state index contributed by atoms with van der Waals surface area (Å²) in [5.41, 5.74) is 1.13. The molecule has 0 spiro atoms. The van der Waals surface area contributed by atoms with Crippen molar-refractivity contribution >= 4 is 17.4 Å². The first-order valence-corrected chi connectivity index (χ1v) is 7.39. The minimum atomic E-state index is -0.181. The van der Waals surface area contributed by atoms with Gasteiger partial charge in [0, 0.05) is 13.1 Å². The molecule has 1 aliphatic carbocycles. The van der Waals surface area contributed by atoms with Crippen molar-refractivity contribution in [3.05, 3.63) is 22.4 Å². The summed E-state index contributed by atoms with van der Waals surface area (Å²) in [5.74, 6) is 0.417. The van der Waals surface area contributed by atoms with Gasteiger partial charge in [0.25, 0.3) is 0 Å². The molecule has 0 radical (unpaired) electrons. The van der Waals surface area contributed by atoms with Gasteiger partial charge in [-0.25, -0.2) is 4.79 Å². The smallest absolute Gasteiger partial charge is 0.315 e. The lowest BCUT2D eigenvalue weighted by atomic mass is 9.87. The second kappa shape index (κ2) is 6.75. The van der Waals surface area contributed by atoms with E-state index in [-0.39, 0.29) is 12.1 Å². The van der Waals surface area contributed by atoms with Gasteiger partial charge >= 0.3 is 6.03 Å². The van der Waals surface area contributed by atoms with E-state index >= 15 is 0 Å². The minimum Gasteiger partial charge on any atom is -0.393 e. The Hall–Kier alpha value is -1.07. The van der Waals surface area contributed by atoms with Crippen LogP contribution < -0.4 is 10.6 Å². The van der Waals surface area contributed by atoms with Crippen LogP contribution in [0.4, 0.5) is 4.79 Å². The molecule has 2 unspecified atom stereocenters. The van der Waals surface area contributed by atoms with Crippen LogP contribution in [0.1, 0.15) is 31.2 Å². The molecule has 0 saturated heterocycles. The van der Waals surface area contributed by atoms with E-state index in [9.17, 15) is 9.90 Å². The number of thiophene rings is 1. The molecular formula is C13H20N2O2S. The zero-order valence-electron chi connectivity index (χ0n) is 10.4. The fourth-order valence-electron chi connectivity index (χ4n) is 2.32. The van der Waals surface area contributed by atoms with Crippen LogP contribution in [-0.2, 0) is 6.54 Å². The van der Waals surface area contributed by atoms with E-state index in [1.165, 1.54) is 0 Å². The Morgan fingerprint density at radius 3 is 3.06 bits per heavy atom. The number of urea groups is 1. The first-order chi connectivity index (χ1) is 8.74. The van der Waals surface area contributed by atoms with Gasteiger partial charge in [-0.2, -0.15) is 11.3 Å². The van der Waals surface area contributed by atoms with E-state index in [0.29, 0.717) is 19.0 Å². The third-order valence-electron chi connectivity index (χ3n) is 3.34. The molecule has 1 aromatic rings. The quantitative estimate of drug-likeness (QED) is 0.783. The zero-order valence-corrected chi connectivity index (χ0v) is 11.2. The van der Waals surface area contributed by atoms with Gasteiger partial charge in [-0.05, 0) is 47.6 Å². The normalized spacial score (nSPS) is 23.6. The Balaban J connectivity index is 1.62. The minimum absolute atomic E-state index is 0.124. The average molecular weight is 268 g/mol. The number of nitrogens with one attached hydrogen (secondary N) is 2. The number of aliphatic hydroxyl groups excluding tert-OH is 1. The summed E-state index contributed by atoms with van der Waals surface area (Å²) in [6, 6.07) is 1.88. The number of rotatable bonds is 4. The monoisotopic (exact) mass is 268 g/mol. The van der Waals surface area contributed by atoms with E-state index in [0.717, 1.165) is 31.2 Å². The standard InChI is InChI=1S/C13H20N2O2S/c16-12-3-1-2-10(6-12)7-14-13(17)15-8-11-4-5-18-9-11/h4-5,9-10,12,16H,1-3,6-8H2,(H2,14,15,17). The molecule has 0 aliphatic heterocycles. The van der Waals surface area contributed by atoms with Gasteiger partial charge in [0.2, 0.25) is 0 Å². The van der Waals surface area contributed by atoms with Crippen molar-refractivity contribution in [2.75, 3.05) is 6.54 Å². The third kappa shape index (κ3) is 4.31. The van der Waals surface area contributed by atoms with Crippen LogP contribution in [0.3, 0.4) is 0 Å². The maximum atomic E-state index is 11.6. The van der Waals surface area contributed by atoms with E-state index < -0.39 is 0 Å². The molecule has 0 aromatic carbocycles. The fourth-order valence-corrected chi connectivity index (χ4v) is 2.99. The van der Waals surface area contributed by atoms with Crippen LogP contribution in [0.5, 0.6) is 0 Å². The molecule has 5 heteroatoms. The van der Waals surface area contributed by atoms with E-state index in [4.69, 9.17) is 0 Å². The molecule has 1 aliphatic rings. The number of aliphatic hydroxyl groups is 1. The van der Waals surface area contributed by atoms with Crippen LogP contribution in [-0.4, -0.2) is 23.8 Å². The molecule has 2 atom stereocenters. The van der Waals surface area contributed by atoms with Gasteiger partial charge in [0.1, 0.15) is 0 Å². The molecule has 1 heterocycles. The summed E-state index contributed by atoms with van der Waals surface area (Å²) in [4.78, 5) is 11.6. The summed E-state index contributed by atoms with van der Waals surface area (Å²) in [6.07, 6.45) is 3.69. The van der Waals surface area contributed by atoms with Gasteiger partial charge in [-0.3, -0.25) is 0 Å². The van der Waals surface area contributed by atoms with Gasteiger partial charge in [-0.1, -0.05) is 6.42 Å². The summed E-state index contributed by atoms with van der Waals surface area (Å²) in [5, 5.41) is 19.3. The molecule has 0 bridgehead atoms. The van der Waals surface area contributed by atoms with Gasteiger partial charge in [0.15, 0.2) is 0 Å². The van der Waals surface area contributed by atoms with Crippen molar-refractivity contribution in [2.24, 2.45) is 5.92 Å². The largest absolute Gasteiger partial charge is 0.393 e. The molecule has 1 saturated carbocycles. The summed E-state index contributed by atoms with van der Waals surface area (Å²) in [6.45, 7) is 1.23. The van der Waals surface area contributed by atoms with Crippen LogP contribution in [0, 0.1) is 5.92 Å². The predicted octanol–water partition coefficient (Wildman–Crippen LogP) is 2.10. The van der Waals surface area contributed by atoms with Gasteiger partial charge < -0.3 is 15.7 Å². The Kier molecular flexibility index (Phi) is 5.01. The Morgan fingerprint density at radius 2 is 2.33 bits per heavy atom. The zero-order chi connectivity index (χ0) is 12.8. The topological polar surface area (TPSA) is 61.4 Å². The van der Waals surface area contributed by atoms with Crippen molar-refractivity contribution in [2.45, 2.75) is 38.3 Å². The molecule has 2 rings (SSSR count). The number of hydrogen-bond acceptors (Lipinski definition) is 3. The number of carbonyl (C=O) groups is 1. The summed E-state index contributed by atoms with van der Waals surface area (Å²) >= 11 is 1.63. The average Bonchev–Trinajstić information content (AvgIpc) is 2.87. The summed E-state index contributed by atoms with van der Waals surface area (Å²) < 4.78 is 0. The van der Waals surface area contributed by atoms with Gasteiger partial charge in [0.05, 0.1) is 6.10 Å². The Morgan fingerprint density at radius 1 is 1.44 bits per heavy atom. The Bertz CT molecular complexity index is 367. The van der Waals surface area contributed by atoms with Crippen molar-refractivity contribution < 1.29 is 9.90 Å². The molecular weight excluding hydrogens is 248 g/mol. The van der Waals surface area contributed by atoms with Gasteiger partial charge in [-0.15, -0.1) is 0 Å². The van der Waals surface area contributed by atoms with Crippen molar-refractivity contribution in [1.82, 2.24) is 10.6 Å². The lowest BCUT2D eigenvalue weighted by molar-refractivity contribution is 0.101. The first kappa shape index (κ1) is 13.4. The maximum Gasteiger partial charge on any atom is 0.315 e. The predicted molar refractivity (Wildman–Crippen MR) is 72.5 cm³/mol. The van der Waals surface area contributed by atoms with Crippen LogP contribution in [0.25, 0.3) is 0 Å². The number of carbonyl (C=O) groups excluding carboxylic acids is 1. The highest BCUT2D eigenvalue weighted by Gasteiger charge is 2.20. The molecule has 100 valence electrons. The molecule has 1 aromatic heterocycles. The van der Waals surface area contributed by atoms with Crippen molar-refractivity contribution in [1.29, 1.82) is 0 Å². The number of hydrogen-bond donors (Lipinski definition) is 3. The van der Waals surface area contributed by atoms with Crippen LogP contribution >= 0.6 is 11.3 Å². The molecule has 18 heavy (non-hydrogen) atoms. The third-order valence-corrected chi connectivity index (χ3v) is 4.07. The van der Waals surface area contributed by atoms with E-state index in [1.54, 1.807) is 11.3 Å². The molecule has 1 fully saturated rings. The highest BCUT2D eigenvalue weighted by atomic mass is 32.1. The maximum absolute atomic E-state index is 11.6. The highest BCUT2D eigenvalue weighted by Crippen LogP contribution is 2.23. The first-order valence-electron chi connectivity index (χ1n) is 6.45. The fraction of sp³-hybridized carbons (Fsp3) is 0.615. The second-order valence-corrected chi connectivity index (χ2v) is 5.66. The molecule has 4 nitrogen and oxygen atoms in total. The van der Waals surface area contributed by atoms with E-state index in [1.807, 2.05) is 16.8 Å². The van der Waals surface area contributed by atoms with Crippen LogP contribution in [0.15, 0.2) is 16.8 Å². The van der Waals surface area contributed by atoms with Crippen molar-refractivity contribution in [3.63, 3.8) is 0 Å². The molecule has 3 N–H and O–H groups in total. The van der Waals surface area contributed by atoms with Crippen LogP contribution in [0.2, 0.25) is 0 Å². The summed E-state index contributed by atoms with van der Waals surface area (Å²) in [7, 11) is 0. The second-order valence-electron chi connectivity index (χ2n) is 4.88. The SMILES string of the molecule is O=C(NCc1ccsc1)NCC1CCCC(O)C1. The number of amides is 2. The van der Waals surface area contributed by atoms with Crippen molar-refractivity contribution in [3.8, 4) is 0 Å². The van der Waals surface area contributed by atoms with E-state index in [2.05, 4.69) is 10.6 Å².